The fourth-order valence-corrected chi connectivity index (χ4v) is 3.08. The van der Waals surface area contributed by atoms with Crippen molar-refractivity contribution in [3.8, 4) is 0 Å². The van der Waals surface area contributed by atoms with Crippen LogP contribution in [0.4, 0.5) is 11.4 Å². The Morgan fingerprint density at radius 1 is 1.54 bits per heavy atom. The normalized spacial score (nSPS) is 26.2. The second-order valence-corrected chi connectivity index (χ2v) is 4.62. The Morgan fingerprint density at radius 3 is 3.54 bits per heavy atom. The van der Waals surface area contributed by atoms with Crippen LogP contribution in [0.25, 0.3) is 0 Å². The summed E-state index contributed by atoms with van der Waals surface area (Å²) in [5, 5.41) is 3.39. The van der Waals surface area contributed by atoms with Gasteiger partial charge in [0.05, 0.1) is 17.4 Å². The van der Waals surface area contributed by atoms with Crippen LogP contribution in [0.3, 0.4) is 0 Å². The topological polar surface area (TPSA) is 28.4 Å². The molecule has 4 heteroatoms. The summed E-state index contributed by atoms with van der Waals surface area (Å²) in [5.41, 5.74) is 2.40. The van der Waals surface area contributed by atoms with Crippen LogP contribution in [0.2, 0.25) is 0 Å². The molecule has 0 radical (unpaired) electrons. The molecule has 0 aliphatic carbocycles. The van der Waals surface area contributed by atoms with E-state index in [-0.39, 0.29) is 0 Å². The molecule has 3 nitrogen and oxygen atoms in total. The highest BCUT2D eigenvalue weighted by atomic mass is 32.2. The average Bonchev–Trinajstić information content (AvgIpc) is 2.65. The summed E-state index contributed by atoms with van der Waals surface area (Å²) in [6.07, 6.45) is 3.65. The molecular formula is C9H12N2OS. The van der Waals surface area contributed by atoms with Crippen molar-refractivity contribution < 1.29 is 4.42 Å². The minimum atomic E-state index is 0.656. The Morgan fingerprint density at radius 2 is 2.54 bits per heavy atom. The number of hydrogen-bond donors (Lipinski definition) is 1. The van der Waals surface area contributed by atoms with Gasteiger partial charge in [-0.1, -0.05) is 0 Å². The van der Waals surface area contributed by atoms with Gasteiger partial charge in [0.1, 0.15) is 12.5 Å². The number of nitrogens with zero attached hydrogens (tertiary/aromatic N) is 1. The highest BCUT2D eigenvalue weighted by Crippen LogP contribution is 2.35. The van der Waals surface area contributed by atoms with Crippen LogP contribution in [0.1, 0.15) is 0 Å². The van der Waals surface area contributed by atoms with E-state index in [1.807, 2.05) is 18.0 Å². The summed E-state index contributed by atoms with van der Waals surface area (Å²) in [6.45, 7) is 2.21. The highest BCUT2D eigenvalue weighted by Gasteiger charge is 2.29. The minimum absolute atomic E-state index is 0.656. The zero-order chi connectivity index (χ0) is 8.67. The maximum atomic E-state index is 5.21. The van der Waals surface area contributed by atoms with E-state index in [0.29, 0.717) is 6.04 Å². The summed E-state index contributed by atoms with van der Waals surface area (Å²) < 4.78 is 5.21. The van der Waals surface area contributed by atoms with Crippen molar-refractivity contribution in [1.82, 2.24) is 0 Å². The van der Waals surface area contributed by atoms with E-state index in [0.717, 1.165) is 18.8 Å². The highest BCUT2D eigenvalue weighted by molar-refractivity contribution is 7.99. The lowest BCUT2D eigenvalue weighted by Crippen LogP contribution is -2.49. The van der Waals surface area contributed by atoms with E-state index in [4.69, 9.17) is 4.42 Å². The first-order valence-electron chi connectivity index (χ1n) is 4.59. The quantitative estimate of drug-likeness (QED) is 0.682. The van der Waals surface area contributed by atoms with E-state index in [9.17, 15) is 0 Å². The molecule has 0 aromatic carbocycles. The van der Waals surface area contributed by atoms with Gasteiger partial charge >= 0.3 is 0 Å². The fraction of sp³-hybridized carbons (Fsp3) is 0.556. The molecule has 2 aliphatic rings. The van der Waals surface area contributed by atoms with E-state index >= 15 is 0 Å². The largest absolute Gasteiger partial charge is 0.468 e. The zero-order valence-electron chi connectivity index (χ0n) is 7.32. The van der Waals surface area contributed by atoms with Crippen molar-refractivity contribution in [2.75, 3.05) is 34.8 Å². The maximum absolute atomic E-state index is 5.21. The molecule has 1 aromatic heterocycles. The van der Waals surface area contributed by atoms with Crippen molar-refractivity contribution in [2.24, 2.45) is 0 Å². The second kappa shape index (κ2) is 2.87. The van der Waals surface area contributed by atoms with E-state index in [1.165, 1.54) is 17.2 Å². The van der Waals surface area contributed by atoms with Crippen molar-refractivity contribution in [3.63, 3.8) is 0 Å². The van der Waals surface area contributed by atoms with Crippen LogP contribution in [0, 0.1) is 0 Å². The molecule has 1 saturated heterocycles. The van der Waals surface area contributed by atoms with Crippen molar-refractivity contribution in [3.05, 3.63) is 12.5 Å². The van der Waals surface area contributed by atoms with Gasteiger partial charge < -0.3 is 14.6 Å². The van der Waals surface area contributed by atoms with Gasteiger partial charge in [0, 0.05) is 24.6 Å². The fourth-order valence-electron chi connectivity index (χ4n) is 2.01. The van der Waals surface area contributed by atoms with Crippen LogP contribution < -0.4 is 10.2 Å². The smallest absolute Gasteiger partial charge is 0.116 e. The van der Waals surface area contributed by atoms with E-state index in [2.05, 4.69) is 10.2 Å². The van der Waals surface area contributed by atoms with E-state index < -0.39 is 0 Å². The molecule has 2 aliphatic heterocycles. The number of furan rings is 1. The second-order valence-electron chi connectivity index (χ2n) is 3.47. The van der Waals surface area contributed by atoms with Crippen molar-refractivity contribution in [1.29, 1.82) is 0 Å². The SMILES string of the molecule is c1occ2c1NCC1CSCCN21. The Bertz CT molecular complexity index is 312. The molecule has 1 fully saturated rings. The Labute approximate surface area is 81.5 Å². The molecule has 13 heavy (non-hydrogen) atoms. The summed E-state index contributed by atoms with van der Waals surface area (Å²) in [5.74, 6) is 2.47. The van der Waals surface area contributed by atoms with Gasteiger partial charge in [-0.2, -0.15) is 11.8 Å². The summed E-state index contributed by atoms with van der Waals surface area (Å²) >= 11 is 2.05. The van der Waals surface area contributed by atoms with Crippen LogP contribution in [0.15, 0.2) is 16.9 Å². The van der Waals surface area contributed by atoms with Crippen molar-refractivity contribution >= 4 is 23.1 Å². The minimum Gasteiger partial charge on any atom is -0.468 e. The molecule has 0 bridgehead atoms. The van der Waals surface area contributed by atoms with Gasteiger partial charge in [-0.15, -0.1) is 0 Å². The molecule has 70 valence electrons. The molecule has 0 amide bonds. The Balaban J connectivity index is 1.97. The van der Waals surface area contributed by atoms with Crippen LogP contribution in [-0.4, -0.2) is 30.6 Å². The number of fused-ring (bicyclic) bond motifs is 3. The van der Waals surface area contributed by atoms with Gasteiger partial charge in [0.25, 0.3) is 0 Å². The lowest BCUT2D eigenvalue weighted by molar-refractivity contribution is 0.566. The molecule has 0 spiro atoms. The first-order chi connectivity index (χ1) is 6.45. The molecule has 1 atom stereocenters. The molecule has 3 rings (SSSR count). The third-order valence-electron chi connectivity index (χ3n) is 2.71. The monoisotopic (exact) mass is 196 g/mol. The molecular weight excluding hydrogens is 184 g/mol. The summed E-state index contributed by atoms with van der Waals surface area (Å²) in [4.78, 5) is 2.46. The molecule has 0 saturated carbocycles. The third kappa shape index (κ3) is 1.12. The Kier molecular flexibility index (Phi) is 1.68. The third-order valence-corrected chi connectivity index (χ3v) is 3.80. The predicted octanol–water partition coefficient (Wildman–Crippen LogP) is 1.63. The van der Waals surface area contributed by atoms with Gasteiger partial charge in [0.2, 0.25) is 0 Å². The molecule has 1 unspecified atom stereocenters. The van der Waals surface area contributed by atoms with Gasteiger partial charge in [-0.3, -0.25) is 0 Å². The van der Waals surface area contributed by atoms with Crippen LogP contribution in [-0.2, 0) is 0 Å². The summed E-state index contributed by atoms with van der Waals surface area (Å²) in [6, 6.07) is 0.656. The van der Waals surface area contributed by atoms with Gasteiger partial charge in [-0.25, -0.2) is 0 Å². The zero-order valence-corrected chi connectivity index (χ0v) is 8.14. The summed E-state index contributed by atoms with van der Waals surface area (Å²) in [7, 11) is 0. The first-order valence-corrected chi connectivity index (χ1v) is 5.75. The Hall–Kier alpha value is -0.770. The van der Waals surface area contributed by atoms with Crippen molar-refractivity contribution in [2.45, 2.75) is 6.04 Å². The van der Waals surface area contributed by atoms with Crippen LogP contribution in [0.5, 0.6) is 0 Å². The first kappa shape index (κ1) is 7.62. The number of rotatable bonds is 0. The number of hydrogen-bond acceptors (Lipinski definition) is 4. The van der Waals surface area contributed by atoms with E-state index in [1.54, 1.807) is 6.26 Å². The maximum Gasteiger partial charge on any atom is 0.116 e. The number of nitrogens with one attached hydrogen (secondary N) is 1. The number of anilines is 2. The molecule has 1 aromatic rings. The number of thioether (sulfide) groups is 1. The average molecular weight is 196 g/mol. The lowest BCUT2D eigenvalue weighted by atomic mass is 10.2. The van der Waals surface area contributed by atoms with Crippen LogP contribution >= 0.6 is 11.8 Å². The van der Waals surface area contributed by atoms with Gasteiger partial charge in [-0.05, 0) is 0 Å². The standard InChI is InChI=1S/C9H12N2OS/c1-2-13-6-7-3-10-8-4-12-5-9(8)11(1)7/h4-5,7,10H,1-3,6H2. The lowest BCUT2D eigenvalue weighted by Gasteiger charge is -2.40. The molecule has 3 heterocycles. The molecule has 1 N–H and O–H groups in total. The van der Waals surface area contributed by atoms with Gasteiger partial charge in [0.15, 0.2) is 0 Å². The predicted molar refractivity (Wildman–Crippen MR) is 55.7 cm³/mol.